The molecule has 2 rings (SSSR count). The lowest BCUT2D eigenvalue weighted by Gasteiger charge is -2.31. The molecule has 1 aromatic heterocycles. The molecule has 7 heteroatoms. The molecule has 1 aliphatic carbocycles. The summed E-state index contributed by atoms with van der Waals surface area (Å²) in [6, 6.07) is 1.19. The first-order valence-electron chi connectivity index (χ1n) is 6.63. The number of rotatable bonds is 4. The largest absolute Gasteiger partial charge is 0.419 e. The Kier molecular flexibility index (Phi) is 4.90. The molecule has 0 unspecified atom stereocenters. The molecule has 0 radical (unpaired) electrons. The van der Waals surface area contributed by atoms with Crippen molar-refractivity contribution in [2.75, 3.05) is 18.0 Å². The third-order valence-corrected chi connectivity index (χ3v) is 3.98. The van der Waals surface area contributed by atoms with E-state index in [1.807, 2.05) is 0 Å². The molecule has 3 nitrogen and oxygen atoms in total. The van der Waals surface area contributed by atoms with Gasteiger partial charge in [0.1, 0.15) is 5.82 Å². The Labute approximate surface area is 124 Å². The molecule has 1 heterocycles. The van der Waals surface area contributed by atoms with Gasteiger partial charge in [-0.2, -0.15) is 13.2 Å². The second kappa shape index (κ2) is 6.30. The van der Waals surface area contributed by atoms with Crippen LogP contribution in [0.5, 0.6) is 0 Å². The molecule has 0 bridgehead atoms. The summed E-state index contributed by atoms with van der Waals surface area (Å²) in [4.78, 5) is 5.74. The van der Waals surface area contributed by atoms with Gasteiger partial charge in [-0.25, -0.2) is 4.98 Å². The van der Waals surface area contributed by atoms with E-state index in [2.05, 4.69) is 20.9 Å². The third kappa shape index (κ3) is 3.44. The van der Waals surface area contributed by atoms with Crippen LogP contribution in [0.15, 0.2) is 16.7 Å². The zero-order valence-corrected chi connectivity index (χ0v) is 12.5. The highest BCUT2D eigenvalue weighted by molar-refractivity contribution is 9.10. The summed E-state index contributed by atoms with van der Waals surface area (Å²) < 4.78 is 39.9. The molecule has 0 aliphatic heterocycles. The number of alkyl halides is 3. The Morgan fingerprint density at radius 2 is 2.00 bits per heavy atom. The van der Waals surface area contributed by atoms with Gasteiger partial charge in [-0.15, -0.1) is 0 Å². The highest BCUT2D eigenvalue weighted by Crippen LogP contribution is 2.39. The number of nitrogens with two attached hydrogens (primary N) is 1. The molecule has 0 aromatic carbocycles. The van der Waals surface area contributed by atoms with Gasteiger partial charge in [0.2, 0.25) is 0 Å². The van der Waals surface area contributed by atoms with E-state index in [4.69, 9.17) is 5.73 Å². The number of pyridine rings is 1. The van der Waals surface area contributed by atoms with Gasteiger partial charge < -0.3 is 10.6 Å². The third-order valence-electron chi connectivity index (χ3n) is 3.55. The zero-order chi connectivity index (χ0) is 14.8. The van der Waals surface area contributed by atoms with E-state index in [1.54, 1.807) is 4.90 Å². The van der Waals surface area contributed by atoms with Gasteiger partial charge in [-0.05, 0) is 34.8 Å². The van der Waals surface area contributed by atoms with Crippen LogP contribution in [-0.4, -0.2) is 24.1 Å². The first-order chi connectivity index (χ1) is 9.43. The van der Waals surface area contributed by atoms with Crippen LogP contribution in [0, 0.1) is 0 Å². The lowest BCUT2D eigenvalue weighted by atomic mass is 10.1. The smallest absolute Gasteiger partial charge is 0.352 e. The number of halogens is 4. The first kappa shape index (κ1) is 15.6. The maximum absolute atomic E-state index is 13.2. The minimum atomic E-state index is -4.42. The van der Waals surface area contributed by atoms with Crippen molar-refractivity contribution in [3.8, 4) is 0 Å². The van der Waals surface area contributed by atoms with Gasteiger partial charge in [0, 0.05) is 29.8 Å². The van der Waals surface area contributed by atoms with Gasteiger partial charge >= 0.3 is 6.18 Å². The van der Waals surface area contributed by atoms with E-state index in [0.717, 1.165) is 31.7 Å². The van der Waals surface area contributed by atoms with Crippen LogP contribution in [0.1, 0.15) is 31.2 Å². The van der Waals surface area contributed by atoms with Crippen LogP contribution in [0.2, 0.25) is 0 Å². The number of hydrogen-bond donors (Lipinski definition) is 1. The standard InChI is InChI=1S/C13H17BrF3N3/c14-9-7-11(13(15,16)17)12(19-8-9)20(6-5-18)10-3-1-2-4-10/h7-8,10H,1-6,18H2. The number of aromatic nitrogens is 1. The molecule has 1 saturated carbocycles. The van der Waals surface area contributed by atoms with E-state index in [0.29, 0.717) is 17.6 Å². The molecule has 0 saturated heterocycles. The summed E-state index contributed by atoms with van der Waals surface area (Å²) in [5.74, 6) is -0.00181. The molecule has 20 heavy (non-hydrogen) atoms. The highest BCUT2D eigenvalue weighted by atomic mass is 79.9. The molecule has 1 aliphatic rings. The molecule has 1 aromatic rings. The maximum atomic E-state index is 13.2. The minimum Gasteiger partial charge on any atom is -0.352 e. The van der Waals surface area contributed by atoms with Crippen molar-refractivity contribution < 1.29 is 13.2 Å². The average Bonchev–Trinajstić information content (AvgIpc) is 2.89. The quantitative estimate of drug-likeness (QED) is 0.901. The van der Waals surface area contributed by atoms with Gasteiger partial charge in [0.15, 0.2) is 0 Å². The predicted molar refractivity (Wildman–Crippen MR) is 75.6 cm³/mol. The van der Waals surface area contributed by atoms with E-state index >= 15 is 0 Å². The second-order valence-corrected chi connectivity index (χ2v) is 5.86. The summed E-state index contributed by atoms with van der Waals surface area (Å²) in [6.45, 7) is 0.702. The Balaban J connectivity index is 2.41. The normalized spacial score (nSPS) is 16.6. The van der Waals surface area contributed by atoms with Crippen LogP contribution in [0.3, 0.4) is 0 Å². The Morgan fingerprint density at radius 1 is 1.35 bits per heavy atom. The van der Waals surface area contributed by atoms with Crippen LogP contribution in [0.4, 0.5) is 19.0 Å². The van der Waals surface area contributed by atoms with Crippen molar-refractivity contribution in [3.63, 3.8) is 0 Å². The van der Waals surface area contributed by atoms with Crippen molar-refractivity contribution in [1.82, 2.24) is 4.98 Å². The van der Waals surface area contributed by atoms with Gasteiger partial charge in [-0.3, -0.25) is 0 Å². The lowest BCUT2D eigenvalue weighted by Crippen LogP contribution is -2.39. The number of hydrogen-bond acceptors (Lipinski definition) is 3. The van der Waals surface area contributed by atoms with E-state index in [1.165, 1.54) is 6.20 Å². The van der Waals surface area contributed by atoms with Gasteiger partial charge in [0.25, 0.3) is 0 Å². The first-order valence-corrected chi connectivity index (χ1v) is 7.42. The van der Waals surface area contributed by atoms with Crippen molar-refractivity contribution in [2.24, 2.45) is 5.73 Å². The van der Waals surface area contributed by atoms with Gasteiger partial charge in [0.05, 0.1) is 5.56 Å². The molecular weight excluding hydrogens is 335 g/mol. The fourth-order valence-electron chi connectivity index (χ4n) is 2.69. The van der Waals surface area contributed by atoms with E-state index in [-0.39, 0.29) is 11.9 Å². The number of nitrogens with zero attached hydrogens (tertiary/aromatic N) is 2. The predicted octanol–water partition coefficient (Wildman–Crippen LogP) is 3.57. The molecular formula is C13H17BrF3N3. The fraction of sp³-hybridized carbons (Fsp3) is 0.615. The molecule has 2 N–H and O–H groups in total. The van der Waals surface area contributed by atoms with Crippen LogP contribution < -0.4 is 10.6 Å². The topological polar surface area (TPSA) is 42.1 Å². The Hall–Kier alpha value is -0.820. The molecule has 0 spiro atoms. The molecule has 0 amide bonds. The van der Waals surface area contributed by atoms with Crippen LogP contribution >= 0.6 is 15.9 Å². The summed E-state index contributed by atoms with van der Waals surface area (Å²) in [6.07, 6.45) is 0.873. The van der Waals surface area contributed by atoms with Crippen molar-refractivity contribution in [3.05, 3.63) is 22.3 Å². The summed E-state index contributed by atoms with van der Waals surface area (Å²) >= 11 is 3.05. The summed E-state index contributed by atoms with van der Waals surface area (Å²) in [5, 5.41) is 0. The molecule has 0 atom stereocenters. The van der Waals surface area contributed by atoms with E-state index < -0.39 is 11.7 Å². The summed E-state index contributed by atoms with van der Waals surface area (Å²) in [7, 11) is 0. The molecule has 1 fully saturated rings. The van der Waals surface area contributed by atoms with Crippen molar-refractivity contribution >= 4 is 21.7 Å². The monoisotopic (exact) mass is 351 g/mol. The average molecular weight is 352 g/mol. The zero-order valence-electron chi connectivity index (χ0n) is 11.0. The number of anilines is 1. The highest BCUT2D eigenvalue weighted by Gasteiger charge is 2.37. The van der Waals surface area contributed by atoms with Crippen LogP contribution in [0.25, 0.3) is 0 Å². The van der Waals surface area contributed by atoms with E-state index in [9.17, 15) is 13.2 Å². The fourth-order valence-corrected chi connectivity index (χ4v) is 3.02. The SMILES string of the molecule is NCCN(c1ncc(Br)cc1C(F)(F)F)C1CCCC1. The van der Waals surface area contributed by atoms with Crippen molar-refractivity contribution in [1.29, 1.82) is 0 Å². The Bertz CT molecular complexity index is 459. The molecule has 112 valence electrons. The summed E-state index contributed by atoms with van der Waals surface area (Å²) in [5.41, 5.74) is 4.86. The Morgan fingerprint density at radius 3 is 2.55 bits per heavy atom. The van der Waals surface area contributed by atoms with Crippen LogP contribution in [-0.2, 0) is 6.18 Å². The minimum absolute atomic E-state index is 0.00181. The van der Waals surface area contributed by atoms with Crippen molar-refractivity contribution in [2.45, 2.75) is 37.9 Å². The second-order valence-electron chi connectivity index (χ2n) is 4.94. The maximum Gasteiger partial charge on any atom is 0.419 e. The van der Waals surface area contributed by atoms with Gasteiger partial charge in [-0.1, -0.05) is 12.8 Å². The lowest BCUT2D eigenvalue weighted by molar-refractivity contribution is -0.137.